The molecule has 0 atom stereocenters. The molecule has 0 unspecified atom stereocenters. The first kappa shape index (κ1) is 19.8. The van der Waals surface area contributed by atoms with Crippen molar-refractivity contribution in [3.63, 3.8) is 0 Å². The topological polar surface area (TPSA) is 110 Å². The predicted molar refractivity (Wildman–Crippen MR) is 106 cm³/mol. The van der Waals surface area contributed by atoms with Crippen molar-refractivity contribution in [2.24, 2.45) is 7.05 Å². The summed E-state index contributed by atoms with van der Waals surface area (Å²) in [6.45, 7) is 3.18. The maximum Gasteiger partial charge on any atom is 0.267 e. The van der Waals surface area contributed by atoms with Crippen molar-refractivity contribution in [3.8, 4) is 0 Å². The van der Waals surface area contributed by atoms with Gasteiger partial charge in [0.25, 0.3) is 21.8 Å². The van der Waals surface area contributed by atoms with Crippen LogP contribution in [-0.4, -0.2) is 30.0 Å². The number of carbonyl (C=O) groups is 2. The van der Waals surface area contributed by atoms with E-state index in [9.17, 15) is 18.0 Å². The molecule has 2 N–H and O–H groups in total. The summed E-state index contributed by atoms with van der Waals surface area (Å²) in [6.07, 6.45) is 0. The van der Waals surface area contributed by atoms with Gasteiger partial charge in [-0.25, -0.2) is 13.1 Å². The SMILES string of the molecule is Cc1nn(C)c(C)c1S(=O)(=O)NC(=O)c1ccc(NC(=O)c2cccs2)cc1. The van der Waals surface area contributed by atoms with Crippen LogP contribution in [0.4, 0.5) is 5.69 Å². The summed E-state index contributed by atoms with van der Waals surface area (Å²) < 4.78 is 28.7. The standard InChI is InChI=1S/C18H18N4O4S2/c1-11-16(12(2)22(3)20-11)28(25,26)21-17(23)13-6-8-14(9-7-13)19-18(24)15-5-4-10-27-15/h4-10H,1-3H3,(H,19,24)(H,21,23). The van der Waals surface area contributed by atoms with Crippen LogP contribution in [0, 0.1) is 13.8 Å². The van der Waals surface area contributed by atoms with Crippen molar-refractivity contribution in [2.75, 3.05) is 5.32 Å². The van der Waals surface area contributed by atoms with Gasteiger partial charge in [-0.3, -0.25) is 14.3 Å². The number of anilines is 1. The van der Waals surface area contributed by atoms with Gasteiger partial charge in [-0.2, -0.15) is 5.10 Å². The molecule has 2 heterocycles. The lowest BCUT2D eigenvalue weighted by molar-refractivity contribution is 0.0980. The van der Waals surface area contributed by atoms with E-state index < -0.39 is 15.9 Å². The number of aromatic nitrogens is 2. The highest BCUT2D eigenvalue weighted by Crippen LogP contribution is 2.19. The molecule has 0 bridgehead atoms. The molecule has 2 aromatic heterocycles. The van der Waals surface area contributed by atoms with Crippen LogP contribution in [0.5, 0.6) is 0 Å². The normalized spacial score (nSPS) is 11.2. The number of thiophene rings is 1. The fourth-order valence-electron chi connectivity index (χ4n) is 2.68. The van der Waals surface area contributed by atoms with Crippen LogP contribution in [0.15, 0.2) is 46.7 Å². The number of rotatable bonds is 5. The molecular formula is C18H18N4O4S2. The molecule has 0 saturated heterocycles. The van der Waals surface area contributed by atoms with E-state index in [1.807, 2.05) is 0 Å². The summed E-state index contributed by atoms with van der Waals surface area (Å²) in [5, 5.41) is 8.58. The van der Waals surface area contributed by atoms with Gasteiger partial charge in [0.2, 0.25) is 0 Å². The smallest absolute Gasteiger partial charge is 0.267 e. The van der Waals surface area contributed by atoms with Crippen molar-refractivity contribution in [2.45, 2.75) is 18.7 Å². The lowest BCUT2D eigenvalue weighted by Crippen LogP contribution is -2.31. The summed E-state index contributed by atoms with van der Waals surface area (Å²) in [6, 6.07) is 9.44. The number of nitrogens with one attached hydrogen (secondary N) is 2. The van der Waals surface area contributed by atoms with E-state index in [0.717, 1.165) is 0 Å². The fourth-order valence-corrected chi connectivity index (χ4v) is 4.71. The van der Waals surface area contributed by atoms with Crippen molar-refractivity contribution in [3.05, 3.63) is 63.6 Å². The van der Waals surface area contributed by atoms with Gasteiger partial charge in [0.15, 0.2) is 0 Å². The molecule has 0 spiro atoms. The highest BCUT2D eigenvalue weighted by atomic mass is 32.2. The molecule has 10 heteroatoms. The van der Waals surface area contributed by atoms with Crippen LogP contribution in [0.2, 0.25) is 0 Å². The third kappa shape index (κ3) is 3.97. The third-order valence-corrected chi connectivity index (χ3v) is 6.54. The van der Waals surface area contributed by atoms with Gasteiger partial charge < -0.3 is 5.32 Å². The molecule has 2 amide bonds. The summed E-state index contributed by atoms with van der Waals surface area (Å²) in [7, 11) is -2.43. The quantitative estimate of drug-likeness (QED) is 0.661. The second-order valence-electron chi connectivity index (χ2n) is 6.07. The second-order valence-corrected chi connectivity index (χ2v) is 8.63. The highest BCUT2D eigenvalue weighted by Gasteiger charge is 2.26. The summed E-state index contributed by atoms with van der Waals surface area (Å²) in [5.74, 6) is -1.02. The van der Waals surface area contributed by atoms with E-state index in [1.54, 1.807) is 38.4 Å². The minimum atomic E-state index is -4.06. The minimum Gasteiger partial charge on any atom is -0.321 e. The third-order valence-electron chi connectivity index (χ3n) is 4.09. The molecule has 28 heavy (non-hydrogen) atoms. The van der Waals surface area contributed by atoms with Crippen molar-refractivity contribution >= 4 is 38.9 Å². The molecule has 0 aliphatic carbocycles. The average Bonchev–Trinajstić information content (AvgIpc) is 3.24. The molecule has 0 saturated carbocycles. The van der Waals surface area contributed by atoms with Gasteiger partial charge in [0.05, 0.1) is 16.3 Å². The van der Waals surface area contributed by atoms with Gasteiger partial charge >= 0.3 is 0 Å². The number of aryl methyl sites for hydroxylation is 2. The second kappa shape index (κ2) is 7.56. The summed E-state index contributed by atoms with van der Waals surface area (Å²) >= 11 is 1.32. The van der Waals surface area contributed by atoms with Crippen LogP contribution in [0.3, 0.4) is 0 Å². The lowest BCUT2D eigenvalue weighted by atomic mass is 10.2. The van der Waals surface area contributed by atoms with Gasteiger partial charge in [-0.15, -0.1) is 11.3 Å². The summed E-state index contributed by atoms with van der Waals surface area (Å²) in [5.41, 5.74) is 1.39. The number of hydrogen-bond donors (Lipinski definition) is 2. The Labute approximate surface area is 166 Å². The maximum absolute atomic E-state index is 12.6. The number of hydrogen-bond acceptors (Lipinski definition) is 6. The molecule has 146 valence electrons. The van der Waals surface area contributed by atoms with Crippen molar-refractivity contribution < 1.29 is 18.0 Å². The molecule has 0 fully saturated rings. The van der Waals surface area contributed by atoms with Crippen LogP contribution < -0.4 is 10.0 Å². The molecule has 1 aromatic carbocycles. The molecule has 8 nitrogen and oxygen atoms in total. The molecule has 0 aliphatic heterocycles. The Hall–Kier alpha value is -2.98. The van der Waals surface area contributed by atoms with Gasteiger partial charge in [-0.1, -0.05) is 6.07 Å². The van der Waals surface area contributed by atoms with Crippen LogP contribution >= 0.6 is 11.3 Å². The Balaban J connectivity index is 1.73. The zero-order chi connectivity index (χ0) is 20.5. The molecule has 0 radical (unpaired) electrons. The van der Waals surface area contributed by atoms with Crippen molar-refractivity contribution in [1.29, 1.82) is 0 Å². The zero-order valence-electron chi connectivity index (χ0n) is 15.4. The first-order valence-corrected chi connectivity index (χ1v) is 10.6. The number of nitrogens with zero attached hydrogens (tertiary/aromatic N) is 2. The Kier molecular flexibility index (Phi) is 5.34. The number of benzene rings is 1. The fraction of sp³-hybridized carbons (Fsp3) is 0.167. The first-order valence-electron chi connectivity index (χ1n) is 8.21. The first-order chi connectivity index (χ1) is 13.2. The Morgan fingerprint density at radius 2 is 1.75 bits per heavy atom. The monoisotopic (exact) mass is 418 g/mol. The number of sulfonamides is 1. The van der Waals surface area contributed by atoms with E-state index in [2.05, 4.69) is 15.1 Å². The molecule has 3 rings (SSSR count). The van der Waals surface area contributed by atoms with Gasteiger partial charge in [0, 0.05) is 18.3 Å². The molecule has 0 aliphatic rings. The predicted octanol–water partition coefficient (Wildman–Crippen LogP) is 2.47. The van der Waals surface area contributed by atoms with E-state index in [4.69, 9.17) is 0 Å². The van der Waals surface area contributed by atoms with E-state index in [1.165, 1.54) is 40.3 Å². The van der Waals surface area contributed by atoms with E-state index in [0.29, 0.717) is 22.0 Å². The van der Waals surface area contributed by atoms with Crippen molar-refractivity contribution in [1.82, 2.24) is 14.5 Å². The van der Waals surface area contributed by atoms with Crippen LogP contribution in [-0.2, 0) is 17.1 Å². The largest absolute Gasteiger partial charge is 0.321 e. The minimum absolute atomic E-state index is 0.0109. The molecule has 3 aromatic rings. The lowest BCUT2D eigenvalue weighted by Gasteiger charge is -2.08. The highest BCUT2D eigenvalue weighted by molar-refractivity contribution is 7.90. The Morgan fingerprint density at radius 3 is 2.29 bits per heavy atom. The number of amides is 2. The molecular weight excluding hydrogens is 400 g/mol. The Morgan fingerprint density at radius 1 is 1.07 bits per heavy atom. The van der Waals surface area contributed by atoms with E-state index >= 15 is 0 Å². The van der Waals surface area contributed by atoms with Crippen LogP contribution in [0.1, 0.15) is 31.4 Å². The van der Waals surface area contributed by atoms with Gasteiger partial charge in [0.1, 0.15) is 4.90 Å². The average molecular weight is 419 g/mol. The van der Waals surface area contributed by atoms with E-state index in [-0.39, 0.29) is 16.4 Å². The summed E-state index contributed by atoms with van der Waals surface area (Å²) in [4.78, 5) is 25.0. The van der Waals surface area contributed by atoms with Crippen LogP contribution in [0.25, 0.3) is 0 Å². The maximum atomic E-state index is 12.6. The zero-order valence-corrected chi connectivity index (χ0v) is 17.0. The number of carbonyl (C=O) groups excluding carboxylic acids is 2. The van der Waals surface area contributed by atoms with Gasteiger partial charge in [-0.05, 0) is 49.6 Å². The Bertz CT molecular complexity index is 1130.